The number of hydrogen-bond donors (Lipinski definition) is 4. The quantitative estimate of drug-likeness (QED) is 0.375. The number of nitrogens with one attached hydrogen (secondary N) is 2. The van der Waals surface area contributed by atoms with Gasteiger partial charge in [0.2, 0.25) is 0 Å². The Morgan fingerprint density at radius 2 is 1.59 bits per heavy atom. The van der Waals surface area contributed by atoms with E-state index in [0.717, 1.165) is 27.8 Å². The van der Waals surface area contributed by atoms with Gasteiger partial charge >= 0.3 is 6.09 Å². The second-order valence-corrected chi connectivity index (χ2v) is 7.86. The highest BCUT2D eigenvalue weighted by molar-refractivity contribution is 5.79. The molecule has 0 saturated heterocycles. The average molecular weight is 429 g/mol. The van der Waals surface area contributed by atoms with E-state index in [1.807, 2.05) is 48.5 Å². The molecular weight excluding hydrogens is 406 g/mol. The summed E-state index contributed by atoms with van der Waals surface area (Å²) in [4.78, 5) is 19.5. The minimum Gasteiger partial charge on any atom is -0.449 e. The van der Waals surface area contributed by atoms with E-state index in [-0.39, 0.29) is 24.9 Å². The first-order chi connectivity index (χ1) is 15.6. The molecule has 0 fully saturated rings. The van der Waals surface area contributed by atoms with Crippen LogP contribution < -0.4 is 5.32 Å². The van der Waals surface area contributed by atoms with Gasteiger partial charge in [-0.2, -0.15) is 0 Å². The average Bonchev–Trinajstić information content (AvgIpc) is 3.40. The summed E-state index contributed by atoms with van der Waals surface area (Å²) in [5, 5.41) is 23.2. The normalized spacial score (nSPS) is 14.6. The zero-order chi connectivity index (χ0) is 22.1. The number of ether oxygens (including phenoxy) is 1. The van der Waals surface area contributed by atoms with Crippen molar-refractivity contribution < 1.29 is 19.7 Å². The first kappa shape index (κ1) is 20.2. The molecule has 4 N–H and O–H groups in total. The zero-order valence-corrected chi connectivity index (χ0v) is 17.2. The molecule has 7 heteroatoms. The molecule has 2 unspecified atom stereocenters. The van der Waals surface area contributed by atoms with Crippen LogP contribution in [0.5, 0.6) is 0 Å². The summed E-state index contributed by atoms with van der Waals surface area (Å²) in [7, 11) is 0. The molecule has 7 nitrogen and oxygen atoms in total. The van der Waals surface area contributed by atoms with Gasteiger partial charge in [0, 0.05) is 12.5 Å². The zero-order valence-electron chi connectivity index (χ0n) is 17.2. The predicted molar refractivity (Wildman–Crippen MR) is 120 cm³/mol. The lowest BCUT2D eigenvalue weighted by atomic mass is 9.98. The van der Waals surface area contributed by atoms with Crippen molar-refractivity contribution in [2.45, 2.75) is 18.1 Å². The number of imidazole rings is 1. The van der Waals surface area contributed by atoms with E-state index in [0.29, 0.717) is 5.52 Å². The standard InChI is InChI=1S/C25H23N3O4/c29-22(23(30)24-27-20-11-5-6-12-21(20)28-24)13-26-25(31)32-14-19-17-9-3-1-7-15(17)16-8-2-4-10-18(16)19/h1-12,19,22-23,29-30H,13-14H2,(H,26,31)(H,27,28). The number of amides is 1. The van der Waals surface area contributed by atoms with Crippen LogP contribution in [0, 0.1) is 0 Å². The van der Waals surface area contributed by atoms with Crippen LogP contribution >= 0.6 is 0 Å². The number of aromatic nitrogens is 2. The Morgan fingerprint density at radius 1 is 0.969 bits per heavy atom. The second-order valence-electron chi connectivity index (χ2n) is 7.86. The molecule has 32 heavy (non-hydrogen) atoms. The Hall–Kier alpha value is -3.68. The van der Waals surface area contributed by atoms with E-state index in [1.165, 1.54) is 0 Å². The molecule has 0 spiro atoms. The number of carbonyl (C=O) groups excluding carboxylic acids is 1. The van der Waals surface area contributed by atoms with Crippen molar-refractivity contribution in [3.63, 3.8) is 0 Å². The van der Waals surface area contributed by atoms with E-state index >= 15 is 0 Å². The van der Waals surface area contributed by atoms with Crippen molar-refractivity contribution in [2.24, 2.45) is 0 Å². The number of fused-ring (bicyclic) bond motifs is 4. The fourth-order valence-electron chi connectivity index (χ4n) is 4.24. The highest BCUT2D eigenvalue weighted by Crippen LogP contribution is 2.44. The number of aliphatic hydroxyl groups is 2. The van der Waals surface area contributed by atoms with Gasteiger partial charge in [-0.1, -0.05) is 60.7 Å². The lowest BCUT2D eigenvalue weighted by Gasteiger charge is -2.18. The molecule has 0 aliphatic heterocycles. The summed E-state index contributed by atoms with van der Waals surface area (Å²) in [6.07, 6.45) is -3.16. The number of nitrogens with zero attached hydrogens (tertiary/aromatic N) is 1. The molecule has 0 saturated carbocycles. The smallest absolute Gasteiger partial charge is 0.407 e. The predicted octanol–water partition coefficient (Wildman–Crippen LogP) is 3.50. The van der Waals surface area contributed by atoms with Gasteiger partial charge in [0.25, 0.3) is 0 Å². The molecule has 0 bridgehead atoms. The molecule has 1 amide bonds. The van der Waals surface area contributed by atoms with Gasteiger partial charge in [0.1, 0.15) is 24.6 Å². The van der Waals surface area contributed by atoms with Crippen molar-refractivity contribution >= 4 is 17.1 Å². The van der Waals surface area contributed by atoms with E-state index in [1.54, 1.807) is 0 Å². The minimum absolute atomic E-state index is 0.0424. The van der Waals surface area contributed by atoms with Crippen molar-refractivity contribution in [1.29, 1.82) is 0 Å². The maximum Gasteiger partial charge on any atom is 0.407 e. The molecular formula is C25H23N3O4. The molecule has 5 rings (SSSR count). The Kier molecular flexibility index (Phi) is 5.34. The first-order valence-corrected chi connectivity index (χ1v) is 10.5. The minimum atomic E-state index is -1.27. The lowest BCUT2D eigenvalue weighted by molar-refractivity contribution is 0.0140. The van der Waals surface area contributed by atoms with E-state index in [9.17, 15) is 15.0 Å². The number of rotatable bonds is 6. The monoisotopic (exact) mass is 429 g/mol. The van der Waals surface area contributed by atoms with Crippen molar-refractivity contribution in [2.75, 3.05) is 13.2 Å². The summed E-state index contributed by atoms with van der Waals surface area (Å²) >= 11 is 0. The third-order valence-electron chi connectivity index (χ3n) is 5.85. The number of H-pyrrole nitrogens is 1. The van der Waals surface area contributed by atoms with Gasteiger partial charge in [-0.25, -0.2) is 9.78 Å². The second kappa shape index (κ2) is 8.45. The number of aliphatic hydroxyl groups excluding tert-OH is 2. The van der Waals surface area contributed by atoms with Gasteiger partial charge in [-0.3, -0.25) is 0 Å². The number of para-hydroxylation sites is 2. The summed E-state index contributed by atoms with van der Waals surface area (Å²) in [5.74, 6) is 0.201. The molecule has 1 aromatic heterocycles. The lowest BCUT2D eigenvalue weighted by Crippen LogP contribution is -2.36. The Bertz CT molecular complexity index is 1190. The summed E-state index contributed by atoms with van der Waals surface area (Å²) in [6.45, 7) is 0.0109. The van der Waals surface area contributed by atoms with Gasteiger partial charge in [-0.05, 0) is 34.4 Å². The Balaban J connectivity index is 1.18. The van der Waals surface area contributed by atoms with Crippen LogP contribution in [0.2, 0.25) is 0 Å². The SMILES string of the molecule is O=C(NCC(O)C(O)c1nc2ccccc2[nH]1)OCC1c2ccccc2-c2ccccc21. The number of aromatic amines is 1. The van der Waals surface area contributed by atoms with Gasteiger partial charge in [0.05, 0.1) is 11.0 Å². The number of alkyl carbamates (subject to hydrolysis) is 1. The molecule has 1 aliphatic rings. The van der Waals surface area contributed by atoms with Crippen LogP contribution in [0.15, 0.2) is 72.8 Å². The third-order valence-corrected chi connectivity index (χ3v) is 5.85. The fourth-order valence-corrected chi connectivity index (χ4v) is 4.24. The van der Waals surface area contributed by atoms with E-state index < -0.39 is 18.3 Å². The van der Waals surface area contributed by atoms with E-state index in [4.69, 9.17) is 4.74 Å². The Labute approximate surface area is 184 Å². The topological polar surface area (TPSA) is 107 Å². The molecule has 3 aromatic carbocycles. The van der Waals surface area contributed by atoms with Gasteiger partial charge in [-0.15, -0.1) is 0 Å². The van der Waals surface area contributed by atoms with Gasteiger partial charge < -0.3 is 25.3 Å². The number of hydrogen-bond acceptors (Lipinski definition) is 5. The Morgan fingerprint density at radius 3 is 2.28 bits per heavy atom. The van der Waals surface area contributed by atoms with Crippen molar-refractivity contribution in [3.8, 4) is 11.1 Å². The molecule has 2 atom stereocenters. The molecule has 162 valence electrons. The maximum absolute atomic E-state index is 12.3. The van der Waals surface area contributed by atoms with Crippen molar-refractivity contribution in [1.82, 2.24) is 15.3 Å². The van der Waals surface area contributed by atoms with Crippen LogP contribution in [0.1, 0.15) is 29.0 Å². The van der Waals surface area contributed by atoms with Gasteiger partial charge in [0.15, 0.2) is 0 Å². The highest BCUT2D eigenvalue weighted by Gasteiger charge is 2.29. The highest BCUT2D eigenvalue weighted by atomic mass is 16.5. The fraction of sp³-hybridized carbons (Fsp3) is 0.200. The van der Waals surface area contributed by atoms with Crippen LogP contribution in [0.4, 0.5) is 4.79 Å². The molecule has 4 aromatic rings. The number of carbonyl (C=O) groups is 1. The largest absolute Gasteiger partial charge is 0.449 e. The van der Waals surface area contributed by atoms with E-state index in [2.05, 4.69) is 39.6 Å². The molecule has 0 radical (unpaired) electrons. The van der Waals surface area contributed by atoms with Crippen LogP contribution in [0.3, 0.4) is 0 Å². The van der Waals surface area contributed by atoms with Crippen molar-refractivity contribution in [3.05, 3.63) is 89.7 Å². The van der Waals surface area contributed by atoms with Crippen LogP contribution in [-0.4, -0.2) is 45.5 Å². The molecule has 1 heterocycles. The summed E-state index contributed by atoms with van der Waals surface area (Å²) in [5.41, 5.74) is 6.02. The number of benzene rings is 3. The third kappa shape index (κ3) is 3.72. The van der Waals surface area contributed by atoms with Crippen LogP contribution in [0.25, 0.3) is 22.2 Å². The maximum atomic E-state index is 12.3. The summed E-state index contributed by atoms with van der Waals surface area (Å²) in [6, 6.07) is 23.5. The molecule has 1 aliphatic carbocycles. The first-order valence-electron chi connectivity index (χ1n) is 10.5. The van der Waals surface area contributed by atoms with Crippen LogP contribution in [-0.2, 0) is 4.74 Å². The summed E-state index contributed by atoms with van der Waals surface area (Å²) < 4.78 is 5.46.